The summed E-state index contributed by atoms with van der Waals surface area (Å²) in [6.07, 6.45) is 0. The van der Waals surface area contributed by atoms with Gasteiger partial charge in [-0.15, -0.1) is 0 Å². The van der Waals surface area contributed by atoms with Gasteiger partial charge < -0.3 is 10.7 Å². The summed E-state index contributed by atoms with van der Waals surface area (Å²) in [6.45, 7) is 0. The van der Waals surface area contributed by atoms with Crippen molar-refractivity contribution in [3.05, 3.63) is 66.0 Å². The van der Waals surface area contributed by atoms with Crippen molar-refractivity contribution in [1.29, 1.82) is 0 Å². The number of hydrogen-bond acceptors (Lipinski definition) is 2. The van der Waals surface area contributed by atoms with Crippen LogP contribution in [0.2, 0.25) is 0 Å². The van der Waals surface area contributed by atoms with Crippen molar-refractivity contribution in [2.24, 2.45) is 5.73 Å². The Labute approximate surface area is 99.3 Å². The van der Waals surface area contributed by atoms with Crippen molar-refractivity contribution < 1.29 is 0 Å². The molecule has 0 radical (unpaired) electrons. The van der Waals surface area contributed by atoms with Gasteiger partial charge in [-0.05, 0) is 17.7 Å². The standard InChI is InChI=1S/C14H13N3/c15-13(10-6-2-1-3-7-10)14-16-11-8-4-5-9-12(11)17-14/h1-9,13H,15H2,(H,16,17). The van der Waals surface area contributed by atoms with E-state index in [2.05, 4.69) is 9.97 Å². The molecule has 0 saturated carbocycles. The molecule has 3 heteroatoms. The van der Waals surface area contributed by atoms with Gasteiger partial charge in [-0.1, -0.05) is 42.5 Å². The van der Waals surface area contributed by atoms with Crippen LogP contribution < -0.4 is 5.73 Å². The number of fused-ring (bicyclic) bond motifs is 1. The van der Waals surface area contributed by atoms with Gasteiger partial charge >= 0.3 is 0 Å². The summed E-state index contributed by atoms with van der Waals surface area (Å²) in [4.78, 5) is 7.77. The molecule has 0 aliphatic heterocycles. The molecule has 84 valence electrons. The van der Waals surface area contributed by atoms with Crippen LogP contribution in [0.15, 0.2) is 54.6 Å². The molecule has 17 heavy (non-hydrogen) atoms. The minimum atomic E-state index is -0.205. The van der Waals surface area contributed by atoms with Gasteiger partial charge in [0.15, 0.2) is 0 Å². The molecule has 1 aromatic heterocycles. The lowest BCUT2D eigenvalue weighted by Gasteiger charge is -2.08. The molecule has 3 nitrogen and oxygen atoms in total. The third-order valence-electron chi connectivity index (χ3n) is 2.86. The lowest BCUT2D eigenvalue weighted by Crippen LogP contribution is -2.13. The van der Waals surface area contributed by atoms with Crippen LogP contribution in [-0.4, -0.2) is 9.97 Å². The van der Waals surface area contributed by atoms with E-state index in [9.17, 15) is 0 Å². The van der Waals surface area contributed by atoms with Crippen LogP contribution in [-0.2, 0) is 0 Å². The fraction of sp³-hybridized carbons (Fsp3) is 0.0714. The summed E-state index contributed by atoms with van der Waals surface area (Å²) in [5, 5.41) is 0. The lowest BCUT2D eigenvalue weighted by atomic mass is 10.1. The van der Waals surface area contributed by atoms with Gasteiger partial charge in [0.05, 0.1) is 17.1 Å². The van der Waals surface area contributed by atoms with Crippen molar-refractivity contribution in [3.63, 3.8) is 0 Å². The molecule has 3 aromatic rings. The first-order chi connectivity index (χ1) is 8.34. The Balaban J connectivity index is 2.04. The number of benzene rings is 2. The van der Waals surface area contributed by atoms with Crippen molar-refractivity contribution in [2.75, 3.05) is 0 Å². The first kappa shape index (κ1) is 10.1. The number of imidazole rings is 1. The molecular weight excluding hydrogens is 210 g/mol. The number of nitrogens with two attached hydrogens (primary N) is 1. The molecule has 3 rings (SSSR count). The Hall–Kier alpha value is -2.13. The number of nitrogens with one attached hydrogen (secondary N) is 1. The largest absolute Gasteiger partial charge is 0.340 e. The second-order valence-electron chi connectivity index (χ2n) is 4.03. The fourth-order valence-corrected chi connectivity index (χ4v) is 1.94. The van der Waals surface area contributed by atoms with E-state index in [0.29, 0.717) is 0 Å². The van der Waals surface area contributed by atoms with Crippen molar-refractivity contribution >= 4 is 11.0 Å². The summed E-state index contributed by atoms with van der Waals surface area (Å²) in [7, 11) is 0. The van der Waals surface area contributed by atoms with E-state index in [1.165, 1.54) is 0 Å². The quantitative estimate of drug-likeness (QED) is 0.701. The fourth-order valence-electron chi connectivity index (χ4n) is 1.94. The summed E-state index contributed by atoms with van der Waals surface area (Å²) in [6, 6.07) is 17.7. The average Bonchev–Trinajstić information content (AvgIpc) is 2.82. The van der Waals surface area contributed by atoms with Crippen LogP contribution in [0, 0.1) is 0 Å². The second-order valence-corrected chi connectivity index (χ2v) is 4.03. The summed E-state index contributed by atoms with van der Waals surface area (Å²) in [5.74, 6) is 0.803. The SMILES string of the molecule is NC(c1ccccc1)c1nc2ccccc2[nH]1. The minimum Gasteiger partial charge on any atom is -0.340 e. The van der Waals surface area contributed by atoms with Crippen LogP contribution in [0.1, 0.15) is 17.4 Å². The Kier molecular flexibility index (Phi) is 2.38. The monoisotopic (exact) mass is 223 g/mol. The maximum Gasteiger partial charge on any atom is 0.128 e. The zero-order chi connectivity index (χ0) is 11.7. The van der Waals surface area contributed by atoms with E-state index in [0.717, 1.165) is 22.4 Å². The predicted octanol–water partition coefficient (Wildman–Crippen LogP) is 2.61. The third-order valence-corrected chi connectivity index (χ3v) is 2.86. The molecule has 3 N–H and O–H groups in total. The van der Waals surface area contributed by atoms with Gasteiger partial charge in [0, 0.05) is 0 Å². The van der Waals surface area contributed by atoms with E-state index >= 15 is 0 Å². The zero-order valence-corrected chi connectivity index (χ0v) is 9.30. The molecular formula is C14H13N3. The number of nitrogens with zero attached hydrogens (tertiary/aromatic N) is 1. The van der Waals surface area contributed by atoms with Crippen molar-refractivity contribution in [3.8, 4) is 0 Å². The second kappa shape index (κ2) is 4.03. The maximum atomic E-state index is 6.19. The predicted molar refractivity (Wildman–Crippen MR) is 68.6 cm³/mol. The Morgan fingerprint density at radius 1 is 0.941 bits per heavy atom. The number of aromatic amines is 1. The highest BCUT2D eigenvalue weighted by Crippen LogP contribution is 2.19. The van der Waals surface area contributed by atoms with Crippen molar-refractivity contribution in [2.45, 2.75) is 6.04 Å². The lowest BCUT2D eigenvalue weighted by molar-refractivity contribution is 0.806. The minimum absolute atomic E-state index is 0.205. The smallest absolute Gasteiger partial charge is 0.128 e. The zero-order valence-electron chi connectivity index (χ0n) is 9.30. The highest BCUT2D eigenvalue weighted by Gasteiger charge is 2.12. The average molecular weight is 223 g/mol. The molecule has 0 aliphatic carbocycles. The molecule has 2 aromatic carbocycles. The van der Waals surface area contributed by atoms with E-state index in [-0.39, 0.29) is 6.04 Å². The van der Waals surface area contributed by atoms with Crippen LogP contribution in [0.3, 0.4) is 0 Å². The Morgan fingerprint density at radius 2 is 1.65 bits per heavy atom. The van der Waals surface area contributed by atoms with Gasteiger partial charge in [0.25, 0.3) is 0 Å². The molecule has 0 aliphatic rings. The third kappa shape index (κ3) is 1.81. The summed E-state index contributed by atoms with van der Waals surface area (Å²) < 4.78 is 0. The number of H-pyrrole nitrogens is 1. The first-order valence-corrected chi connectivity index (χ1v) is 5.60. The van der Waals surface area contributed by atoms with Gasteiger partial charge in [-0.2, -0.15) is 0 Å². The van der Waals surface area contributed by atoms with E-state index in [4.69, 9.17) is 5.73 Å². The van der Waals surface area contributed by atoms with Gasteiger partial charge in [-0.25, -0.2) is 4.98 Å². The summed E-state index contributed by atoms with van der Waals surface area (Å²) >= 11 is 0. The highest BCUT2D eigenvalue weighted by molar-refractivity contribution is 5.74. The van der Waals surface area contributed by atoms with E-state index in [1.54, 1.807) is 0 Å². The molecule has 0 bridgehead atoms. The Bertz CT molecular complexity index is 595. The van der Waals surface area contributed by atoms with Crippen LogP contribution in [0.25, 0.3) is 11.0 Å². The van der Waals surface area contributed by atoms with Gasteiger partial charge in [0.1, 0.15) is 5.82 Å². The van der Waals surface area contributed by atoms with Crippen LogP contribution >= 0.6 is 0 Å². The van der Waals surface area contributed by atoms with E-state index in [1.807, 2.05) is 54.6 Å². The Morgan fingerprint density at radius 3 is 2.41 bits per heavy atom. The first-order valence-electron chi connectivity index (χ1n) is 5.60. The van der Waals surface area contributed by atoms with E-state index < -0.39 is 0 Å². The van der Waals surface area contributed by atoms with Gasteiger partial charge in [0.2, 0.25) is 0 Å². The molecule has 0 amide bonds. The molecule has 1 atom stereocenters. The number of hydrogen-bond donors (Lipinski definition) is 2. The maximum absolute atomic E-state index is 6.19. The molecule has 0 spiro atoms. The number of aromatic nitrogens is 2. The molecule has 1 unspecified atom stereocenters. The number of para-hydroxylation sites is 2. The molecule has 0 fully saturated rings. The molecule has 1 heterocycles. The number of rotatable bonds is 2. The van der Waals surface area contributed by atoms with Crippen LogP contribution in [0.5, 0.6) is 0 Å². The van der Waals surface area contributed by atoms with Crippen molar-refractivity contribution in [1.82, 2.24) is 9.97 Å². The highest BCUT2D eigenvalue weighted by atomic mass is 15.0. The summed E-state index contributed by atoms with van der Waals surface area (Å²) in [5.41, 5.74) is 9.22. The normalized spacial score (nSPS) is 12.8. The van der Waals surface area contributed by atoms with Gasteiger partial charge in [-0.3, -0.25) is 0 Å². The van der Waals surface area contributed by atoms with Crippen LogP contribution in [0.4, 0.5) is 0 Å². The topological polar surface area (TPSA) is 54.7 Å². The molecule has 0 saturated heterocycles.